The summed E-state index contributed by atoms with van der Waals surface area (Å²) in [5.74, 6) is -0.203. The van der Waals surface area contributed by atoms with E-state index in [2.05, 4.69) is 50.4 Å². The Morgan fingerprint density at radius 3 is 2.38 bits per heavy atom. The zero-order valence-corrected chi connectivity index (χ0v) is 14.1. The standard InChI is InChI=1S/C17H20BrFN2/c1-20-17(11-13-10-14(19)6-9-16(13)18)12-4-7-15(8-5-12)21(2)3/h4-10,17,20H,11H2,1-3H3. The third-order valence-corrected chi connectivity index (χ3v) is 4.37. The van der Waals surface area contributed by atoms with Gasteiger partial charge in [0.25, 0.3) is 0 Å². The first-order valence-electron chi connectivity index (χ1n) is 6.89. The van der Waals surface area contributed by atoms with Crippen LogP contribution in [0.1, 0.15) is 17.2 Å². The summed E-state index contributed by atoms with van der Waals surface area (Å²) in [7, 11) is 5.97. The van der Waals surface area contributed by atoms with Gasteiger partial charge in [-0.2, -0.15) is 0 Å². The average molecular weight is 351 g/mol. The van der Waals surface area contributed by atoms with Crippen molar-refractivity contribution in [3.8, 4) is 0 Å². The molecule has 4 heteroatoms. The number of likely N-dealkylation sites (N-methyl/N-ethyl adjacent to an activating group) is 1. The molecule has 2 aromatic rings. The first-order chi connectivity index (χ1) is 10.0. The smallest absolute Gasteiger partial charge is 0.123 e. The average Bonchev–Trinajstić information content (AvgIpc) is 2.48. The first kappa shape index (κ1) is 16.0. The van der Waals surface area contributed by atoms with Gasteiger partial charge in [-0.05, 0) is 54.9 Å². The maximum absolute atomic E-state index is 13.4. The van der Waals surface area contributed by atoms with Crippen LogP contribution in [0.15, 0.2) is 46.9 Å². The highest BCUT2D eigenvalue weighted by molar-refractivity contribution is 9.10. The van der Waals surface area contributed by atoms with Crippen LogP contribution in [0.2, 0.25) is 0 Å². The SMILES string of the molecule is CNC(Cc1cc(F)ccc1Br)c1ccc(N(C)C)cc1. The van der Waals surface area contributed by atoms with Gasteiger partial charge in [0, 0.05) is 30.3 Å². The third-order valence-electron chi connectivity index (χ3n) is 3.59. The normalized spacial score (nSPS) is 12.2. The van der Waals surface area contributed by atoms with Crippen LogP contribution >= 0.6 is 15.9 Å². The molecular weight excluding hydrogens is 331 g/mol. The number of nitrogens with zero attached hydrogens (tertiary/aromatic N) is 1. The monoisotopic (exact) mass is 350 g/mol. The molecule has 0 heterocycles. The Balaban J connectivity index is 2.21. The minimum atomic E-state index is -0.203. The molecule has 0 amide bonds. The lowest BCUT2D eigenvalue weighted by atomic mass is 9.98. The van der Waals surface area contributed by atoms with Gasteiger partial charge < -0.3 is 10.2 Å². The fourth-order valence-electron chi connectivity index (χ4n) is 2.31. The van der Waals surface area contributed by atoms with Crippen LogP contribution in [0.4, 0.5) is 10.1 Å². The summed E-state index contributed by atoms with van der Waals surface area (Å²) in [5, 5.41) is 3.31. The summed E-state index contributed by atoms with van der Waals surface area (Å²) in [5.41, 5.74) is 3.32. The fraction of sp³-hybridized carbons (Fsp3) is 0.294. The molecule has 0 spiro atoms. The summed E-state index contributed by atoms with van der Waals surface area (Å²) >= 11 is 3.49. The Morgan fingerprint density at radius 1 is 1.14 bits per heavy atom. The molecule has 0 fully saturated rings. The van der Waals surface area contributed by atoms with Crippen molar-refractivity contribution >= 4 is 21.6 Å². The van der Waals surface area contributed by atoms with Crippen LogP contribution in [0.5, 0.6) is 0 Å². The minimum Gasteiger partial charge on any atom is -0.378 e. The van der Waals surface area contributed by atoms with E-state index < -0.39 is 0 Å². The number of nitrogens with one attached hydrogen (secondary N) is 1. The van der Waals surface area contributed by atoms with Crippen molar-refractivity contribution in [3.05, 3.63) is 63.9 Å². The van der Waals surface area contributed by atoms with Crippen LogP contribution in [0, 0.1) is 5.82 Å². The van der Waals surface area contributed by atoms with Gasteiger partial charge >= 0.3 is 0 Å². The minimum absolute atomic E-state index is 0.152. The van der Waals surface area contributed by atoms with Crippen LogP contribution in [-0.2, 0) is 6.42 Å². The van der Waals surface area contributed by atoms with Crippen molar-refractivity contribution in [1.82, 2.24) is 5.32 Å². The van der Waals surface area contributed by atoms with E-state index in [9.17, 15) is 4.39 Å². The number of hydrogen-bond acceptors (Lipinski definition) is 2. The largest absolute Gasteiger partial charge is 0.378 e. The Kier molecular flexibility index (Phi) is 5.37. The number of rotatable bonds is 5. The summed E-state index contributed by atoms with van der Waals surface area (Å²) in [4.78, 5) is 2.07. The van der Waals surface area contributed by atoms with E-state index >= 15 is 0 Å². The zero-order chi connectivity index (χ0) is 15.4. The molecule has 0 aliphatic heterocycles. The van der Waals surface area contributed by atoms with Crippen molar-refractivity contribution in [2.75, 3.05) is 26.0 Å². The van der Waals surface area contributed by atoms with Crippen LogP contribution in [0.3, 0.4) is 0 Å². The van der Waals surface area contributed by atoms with E-state index in [1.54, 1.807) is 12.1 Å². The van der Waals surface area contributed by atoms with Gasteiger partial charge in [-0.3, -0.25) is 0 Å². The Labute approximate surface area is 134 Å². The molecule has 2 nitrogen and oxygen atoms in total. The molecule has 1 unspecified atom stereocenters. The predicted octanol–water partition coefficient (Wildman–Crippen LogP) is 4.16. The summed E-state index contributed by atoms with van der Waals surface area (Å²) in [6.45, 7) is 0. The highest BCUT2D eigenvalue weighted by atomic mass is 79.9. The molecule has 0 aliphatic carbocycles. The van der Waals surface area contributed by atoms with Crippen molar-refractivity contribution in [3.63, 3.8) is 0 Å². The summed E-state index contributed by atoms with van der Waals surface area (Å²) in [6.07, 6.45) is 0.732. The predicted molar refractivity (Wildman–Crippen MR) is 90.4 cm³/mol. The highest BCUT2D eigenvalue weighted by Gasteiger charge is 2.13. The van der Waals surface area contributed by atoms with E-state index in [1.165, 1.54) is 17.3 Å². The van der Waals surface area contributed by atoms with E-state index in [-0.39, 0.29) is 11.9 Å². The van der Waals surface area contributed by atoms with Gasteiger partial charge in [0.05, 0.1) is 0 Å². The maximum Gasteiger partial charge on any atom is 0.123 e. The molecule has 0 aliphatic rings. The molecule has 1 N–H and O–H groups in total. The Hall–Kier alpha value is -1.39. The number of hydrogen-bond donors (Lipinski definition) is 1. The van der Waals surface area contributed by atoms with Gasteiger partial charge in [0.1, 0.15) is 5.82 Å². The van der Waals surface area contributed by atoms with Crippen molar-refractivity contribution in [2.24, 2.45) is 0 Å². The molecule has 112 valence electrons. The van der Waals surface area contributed by atoms with E-state index in [1.807, 2.05) is 21.1 Å². The topological polar surface area (TPSA) is 15.3 Å². The van der Waals surface area contributed by atoms with Crippen molar-refractivity contribution < 1.29 is 4.39 Å². The van der Waals surface area contributed by atoms with Crippen molar-refractivity contribution in [1.29, 1.82) is 0 Å². The molecule has 0 radical (unpaired) electrons. The second-order valence-electron chi connectivity index (χ2n) is 5.27. The lowest BCUT2D eigenvalue weighted by molar-refractivity contribution is 0.583. The van der Waals surface area contributed by atoms with Crippen LogP contribution in [-0.4, -0.2) is 21.1 Å². The lowest BCUT2D eigenvalue weighted by Gasteiger charge is -2.19. The van der Waals surface area contributed by atoms with Gasteiger partial charge in [-0.15, -0.1) is 0 Å². The maximum atomic E-state index is 13.4. The highest BCUT2D eigenvalue weighted by Crippen LogP contribution is 2.25. The van der Waals surface area contributed by atoms with Crippen molar-refractivity contribution in [2.45, 2.75) is 12.5 Å². The molecule has 2 rings (SSSR count). The number of halogens is 2. The molecule has 2 aromatic carbocycles. The first-order valence-corrected chi connectivity index (χ1v) is 7.69. The van der Waals surface area contributed by atoms with Gasteiger partial charge in [0.15, 0.2) is 0 Å². The summed E-state index contributed by atoms with van der Waals surface area (Å²) < 4.78 is 14.3. The molecule has 21 heavy (non-hydrogen) atoms. The van der Waals surface area contributed by atoms with Crippen LogP contribution < -0.4 is 10.2 Å². The second-order valence-corrected chi connectivity index (χ2v) is 6.12. The molecule has 0 saturated heterocycles. The van der Waals surface area contributed by atoms with E-state index in [4.69, 9.17) is 0 Å². The fourth-order valence-corrected chi connectivity index (χ4v) is 2.72. The molecule has 0 bridgehead atoms. The van der Waals surface area contributed by atoms with E-state index in [0.29, 0.717) is 0 Å². The summed E-state index contributed by atoms with van der Waals surface area (Å²) in [6, 6.07) is 13.4. The molecule has 1 atom stereocenters. The molecule has 0 saturated carbocycles. The molecular formula is C17H20BrFN2. The Bertz CT molecular complexity index is 596. The zero-order valence-electron chi connectivity index (χ0n) is 12.5. The van der Waals surface area contributed by atoms with E-state index in [0.717, 1.165) is 16.5 Å². The van der Waals surface area contributed by atoms with Gasteiger partial charge in [-0.1, -0.05) is 28.1 Å². The third kappa shape index (κ3) is 4.05. The van der Waals surface area contributed by atoms with Gasteiger partial charge in [-0.25, -0.2) is 4.39 Å². The van der Waals surface area contributed by atoms with Crippen LogP contribution in [0.25, 0.3) is 0 Å². The number of anilines is 1. The Morgan fingerprint density at radius 2 is 1.81 bits per heavy atom. The second kappa shape index (κ2) is 7.05. The quantitative estimate of drug-likeness (QED) is 0.870. The number of benzene rings is 2. The lowest BCUT2D eigenvalue weighted by Crippen LogP contribution is -2.19. The molecule has 0 aromatic heterocycles. The van der Waals surface area contributed by atoms with Gasteiger partial charge in [0.2, 0.25) is 0 Å².